The van der Waals surface area contributed by atoms with Crippen molar-refractivity contribution in [1.82, 2.24) is 5.43 Å². The van der Waals surface area contributed by atoms with Crippen molar-refractivity contribution in [3.05, 3.63) is 0 Å². The van der Waals surface area contributed by atoms with Gasteiger partial charge in [0.1, 0.15) is 0 Å². The van der Waals surface area contributed by atoms with E-state index >= 15 is 0 Å². The number of ether oxygens (including phenoxy) is 1. The van der Waals surface area contributed by atoms with Crippen LogP contribution >= 0.6 is 0 Å². The molecule has 2 unspecified atom stereocenters. The first-order chi connectivity index (χ1) is 6.97. The predicted molar refractivity (Wildman–Crippen MR) is 65.5 cm³/mol. The summed E-state index contributed by atoms with van der Waals surface area (Å²) in [6, 6.07) is 0.221. The van der Waals surface area contributed by atoms with Crippen LogP contribution < -0.4 is 11.3 Å². The molecule has 0 amide bonds. The van der Waals surface area contributed by atoms with Gasteiger partial charge in [-0.1, -0.05) is 26.7 Å². The minimum atomic E-state index is -0.189. The van der Waals surface area contributed by atoms with Crippen LogP contribution in [0.3, 0.4) is 0 Å². The fourth-order valence-corrected chi connectivity index (χ4v) is 2.04. The summed E-state index contributed by atoms with van der Waals surface area (Å²) in [7, 11) is 0. The van der Waals surface area contributed by atoms with E-state index in [0.717, 1.165) is 13.0 Å². The van der Waals surface area contributed by atoms with Crippen LogP contribution in [0.5, 0.6) is 0 Å². The van der Waals surface area contributed by atoms with Gasteiger partial charge in [-0.25, -0.2) is 0 Å². The average Bonchev–Trinajstić information content (AvgIpc) is 2.14. The van der Waals surface area contributed by atoms with Gasteiger partial charge in [0, 0.05) is 12.6 Å². The topological polar surface area (TPSA) is 47.3 Å². The highest BCUT2D eigenvalue weighted by atomic mass is 16.5. The van der Waals surface area contributed by atoms with Crippen LogP contribution in [0.15, 0.2) is 0 Å². The van der Waals surface area contributed by atoms with Gasteiger partial charge in [0.2, 0.25) is 0 Å². The zero-order valence-corrected chi connectivity index (χ0v) is 11.0. The van der Waals surface area contributed by atoms with Crippen molar-refractivity contribution in [2.24, 2.45) is 11.8 Å². The van der Waals surface area contributed by atoms with E-state index in [1.807, 2.05) is 6.92 Å². The molecule has 0 aliphatic heterocycles. The van der Waals surface area contributed by atoms with E-state index in [1.165, 1.54) is 12.8 Å². The molecule has 0 aromatic heterocycles. The highest BCUT2D eigenvalue weighted by Crippen LogP contribution is 2.22. The van der Waals surface area contributed by atoms with Crippen LogP contribution in [0.4, 0.5) is 0 Å². The number of hydrogen-bond acceptors (Lipinski definition) is 3. The quantitative estimate of drug-likeness (QED) is 0.484. The smallest absolute Gasteiger partial charge is 0.0792 e. The molecule has 0 bridgehead atoms. The largest absolute Gasteiger partial charge is 0.374 e. The van der Waals surface area contributed by atoms with E-state index in [2.05, 4.69) is 33.1 Å². The van der Waals surface area contributed by atoms with Crippen molar-refractivity contribution in [1.29, 1.82) is 0 Å². The molecule has 92 valence electrons. The molecule has 3 heteroatoms. The molecule has 3 N–H and O–H groups in total. The lowest BCUT2D eigenvalue weighted by Gasteiger charge is -2.35. The first-order valence-corrected chi connectivity index (χ1v) is 6.08. The lowest BCUT2D eigenvalue weighted by atomic mass is 9.88. The van der Waals surface area contributed by atoms with Crippen LogP contribution in [0.1, 0.15) is 53.9 Å². The van der Waals surface area contributed by atoms with Gasteiger partial charge in [-0.15, -0.1) is 0 Å². The summed E-state index contributed by atoms with van der Waals surface area (Å²) < 4.78 is 5.72. The zero-order valence-electron chi connectivity index (χ0n) is 11.0. The number of nitrogens with one attached hydrogen (secondary N) is 1. The predicted octanol–water partition coefficient (Wildman–Crippen LogP) is 2.46. The summed E-state index contributed by atoms with van der Waals surface area (Å²) in [4.78, 5) is 0. The fourth-order valence-electron chi connectivity index (χ4n) is 2.04. The summed E-state index contributed by atoms with van der Waals surface area (Å²) in [6.07, 6.45) is 3.55. The van der Waals surface area contributed by atoms with Gasteiger partial charge in [0.05, 0.1) is 5.60 Å². The Morgan fingerprint density at radius 3 is 2.33 bits per heavy atom. The fraction of sp³-hybridized carbons (Fsp3) is 1.00. The van der Waals surface area contributed by atoms with Crippen LogP contribution in [-0.2, 0) is 4.74 Å². The van der Waals surface area contributed by atoms with E-state index in [9.17, 15) is 0 Å². The third-order valence-electron chi connectivity index (χ3n) is 2.98. The van der Waals surface area contributed by atoms with E-state index in [0.29, 0.717) is 5.92 Å². The summed E-state index contributed by atoms with van der Waals surface area (Å²) >= 11 is 0. The number of hydrogen-bond donors (Lipinski definition) is 2. The lowest BCUT2D eigenvalue weighted by molar-refractivity contribution is -0.0434. The molecule has 3 nitrogen and oxygen atoms in total. The normalized spacial score (nSPS) is 16.4. The molecule has 2 atom stereocenters. The third-order valence-corrected chi connectivity index (χ3v) is 2.98. The zero-order chi connectivity index (χ0) is 11.9. The molecule has 0 aromatic carbocycles. The molecule has 0 saturated heterocycles. The summed E-state index contributed by atoms with van der Waals surface area (Å²) in [5.41, 5.74) is 2.70. The van der Waals surface area contributed by atoms with Crippen molar-refractivity contribution in [3.63, 3.8) is 0 Å². The van der Waals surface area contributed by atoms with Crippen LogP contribution in [-0.4, -0.2) is 18.2 Å². The second-order valence-electron chi connectivity index (χ2n) is 4.89. The lowest BCUT2D eigenvalue weighted by Crippen LogP contribution is -2.52. The average molecular weight is 216 g/mol. The molecule has 0 aromatic rings. The first-order valence-electron chi connectivity index (χ1n) is 6.08. The van der Waals surface area contributed by atoms with E-state index in [-0.39, 0.29) is 11.6 Å². The Morgan fingerprint density at radius 2 is 1.93 bits per heavy atom. The summed E-state index contributed by atoms with van der Waals surface area (Å²) in [6.45, 7) is 11.4. The monoisotopic (exact) mass is 216 g/mol. The number of hydrazine groups is 1. The van der Waals surface area contributed by atoms with Crippen molar-refractivity contribution in [2.75, 3.05) is 6.61 Å². The molecule has 0 fully saturated rings. The Morgan fingerprint density at radius 1 is 1.33 bits per heavy atom. The summed E-state index contributed by atoms with van der Waals surface area (Å²) in [5.74, 6) is 6.29. The first kappa shape index (κ1) is 14.9. The Bertz CT molecular complexity index is 160. The van der Waals surface area contributed by atoms with Crippen LogP contribution in [0.2, 0.25) is 0 Å². The maximum Gasteiger partial charge on any atom is 0.0792 e. The number of nitrogens with two attached hydrogens (primary N) is 1. The van der Waals surface area contributed by atoms with Gasteiger partial charge in [-0.2, -0.15) is 0 Å². The van der Waals surface area contributed by atoms with Crippen molar-refractivity contribution >= 4 is 0 Å². The molecule has 0 radical (unpaired) electrons. The molecule has 15 heavy (non-hydrogen) atoms. The Labute approximate surface area is 94.7 Å². The maximum atomic E-state index is 5.72. The SMILES string of the molecule is CCCC(C)CC(NN)C(C)(C)OCC. The molecule has 0 aliphatic carbocycles. The third kappa shape index (κ3) is 5.50. The second-order valence-corrected chi connectivity index (χ2v) is 4.89. The number of rotatable bonds is 8. The molecule has 0 spiro atoms. The van der Waals surface area contributed by atoms with E-state index in [4.69, 9.17) is 10.6 Å². The van der Waals surface area contributed by atoms with Gasteiger partial charge >= 0.3 is 0 Å². The van der Waals surface area contributed by atoms with Crippen LogP contribution in [0.25, 0.3) is 0 Å². The van der Waals surface area contributed by atoms with Gasteiger partial charge in [-0.3, -0.25) is 11.3 Å². The molecular formula is C12H28N2O. The van der Waals surface area contributed by atoms with Gasteiger partial charge in [0.25, 0.3) is 0 Å². The molecular weight excluding hydrogens is 188 g/mol. The van der Waals surface area contributed by atoms with Crippen molar-refractivity contribution in [3.8, 4) is 0 Å². The maximum absolute atomic E-state index is 5.72. The van der Waals surface area contributed by atoms with Gasteiger partial charge < -0.3 is 4.74 Å². The highest BCUT2D eigenvalue weighted by Gasteiger charge is 2.30. The molecule has 0 rings (SSSR count). The minimum absolute atomic E-state index is 0.189. The molecule has 0 heterocycles. The second kappa shape index (κ2) is 7.20. The Kier molecular flexibility index (Phi) is 7.14. The Balaban J connectivity index is 4.21. The molecule has 0 saturated carbocycles. The summed E-state index contributed by atoms with van der Waals surface area (Å²) in [5, 5.41) is 0. The van der Waals surface area contributed by atoms with Gasteiger partial charge in [-0.05, 0) is 33.1 Å². The minimum Gasteiger partial charge on any atom is -0.374 e. The van der Waals surface area contributed by atoms with Crippen molar-refractivity contribution < 1.29 is 4.74 Å². The van der Waals surface area contributed by atoms with Crippen molar-refractivity contribution in [2.45, 2.75) is 65.5 Å². The van der Waals surface area contributed by atoms with E-state index < -0.39 is 0 Å². The highest BCUT2D eigenvalue weighted by molar-refractivity contribution is 4.85. The Hall–Kier alpha value is -0.120. The van der Waals surface area contributed by atoms with Gasteiger partial charge in [0.15, 0.2) is 0 Å². The standard InChI is InChI=1S/C12H28N2O/c1-6-8-10(3)9-11(14-13)12(4,5)15-7-2/h10-11,14H,6-9,13H2,1-5H3. The van der Waals surface area contributed by atoms with Crippen LogP contribution in [0, 0.1) is 5.92 Å². The van der Waals surface area contributed by atoms with E-state index in [1.54, 1.807) is 0 Å². The molecule has 0 aliphatic rings.